The van der Waals surface area contributed by atoms with E-state index < -0.39 is 0 Å². The molecule has 0 unspecified atom stereocenters. The van der Waals surface area contributed by atoms with Crippen LogP contribution >= 0.6 is 15.9 Å². The first-order valence-corrected chi connectivity index (χ1v) is 5.62. The summed E-state index contributed by atoms with van der Waals surface area (Å²) in [7, 11) is 4.09. The Morgan fingerprint density at radius 1 is 1.47 bits per heavy atom. The molecule has 0 spiro atoms. The van der Waals surface area contributed by atoms with Gasteiger partial charge in [-0.15, -0.1) is 0 Å². The van der Waals surface area contributed by atoms with Gasteiger partial charge in [0.2, 0.25) is 0 Å². The topological polar surface area (TPSA) is 25.4 Å². The second-order valence-electron chi connectivity index (χ2n) is 4.30. The Balaban J connectivity index is 2.62. The summed E-state index contributed by atoms with van der Waals surface area (Å²) in [6, 6.07) is 1.86. The molecule has 0 aliphatic carbocycles. The molecular weight excluding hydrogens is 256 g/mol. The van der Waals surface area contributed by atoms with E-state index in [2.05, 4.69) is 39.7 Å². The van der Waals surface area contributed by atoms with Crippen LogP contribution < -0.4 is 4.74 Å². The van der Waals surface area contributed by atoms with E-state index in [0.717, 1.165) is 10.2 Å². The van der Waals surface area contributed by atoms with Crippen LogP contribution in [0.3, 0.4) is 0 Å². The Morgan fingerprint density at radius 2 is 2.13 bits per heavy atom. The Labute approximate surface area is 99.6 Å². The maximum Gasteiger partial charge on any atom is 0.136 e. The fourth-order valence-electron chi connectivity index (χ4n) is 0.863. The van der Waals surface area contributed by atoms with Crippen LogP contribution in [0.25, 0.3) is 0 Å². The number of halogens is 1. The van der Waals surface area contributed by atoms with Crippen molar-refractivity contribution in [1.29, 1.82) is 0 Å². The summed E-state index contributed by atoms with van der Waals surface area (Å²) in [6.07, 6.45) is 3.46. The van der Waals surface area contributed by atoms with E-state index in [1.807, 2.05) is 20.2 Å². The molecule has 1 aromatic rings. The molecule has 0 saturated heterocycles. The van der Waals surface area contributed by atoms with Gasteiger partial charge in [-0.3, -0.25) is 4.98 Å². The number of likely N-dealkylation sites (N-methyl/N-ethyl adjacent to an activating group) is 1. The lowest BCUT2D eigenvalue weighted by Gasteiger charge is -2.32. The standard InChI is InChI=1S/C11H17BrN2O/c1-11(2,14(3)4)8-15-10-5-6-13-7-9(10)12/h5-7H,8H2,1-4H3. The van der Waals surface area contributed by atoms with Crippen LogP contribution in [-0.4, -0.2) is 36.1 Å². The second-order valence-corrected chi connectivity index (χ2v) is 5.16. The van der Waals surface area contributed by atoms with E-state index in [1.54, 1.807) is 12.4 Å². The van der Waals surface area contributed by atoms with E-state index in [1.165, 1.54) is 0 Å². The van der Waals surface area contributed by atoms with Crippen molar-refractivity contribution in [2.45, 2.75) is 19.4 Å². The number of aromatic nitrogens is 1. The van der Waals surface area contributed by atoms with Crippen LogP contribution in [-0.2, 0) is 0 Å². The van der Waals surface area contributed by atoms with Crippen molar-refractivity contribution in [3.63, 3.8) is 0 Å². The summed E-state index contributed by atoms with van der Waals surface area (Å²) < 4.78 is 6.62. The fraction of sp³-hybridized carbons (Fsp3) is 0.545. The molecule has 15 heavy (non-hydrogen) atoms. The van der Waals surface area contributed by atoms with Crippen molar-refractivity contribution >= 4 is 15.9 Å². The number of nitrogens with zero attached hydrogens (tertiary/aromatic N) is 2. The van der Waals surface area contributed by atoms with E-state index in [4.69, 9.17) is 4.74 Å². The van der Waals surface area contributed by atoms with Crippen LogP contribution in [0.2, 0.25) is 0 Å². The van der Waals surface area contributed by atoms with Gasteiger partial charge in [0.05, 0.1) is 4.47 Å². The van der Waals surface area contributed by atoms with Gasteiger partial charge in [-0.25, -0.2) is 0 Å². The Kier molecular flexibility index (Phi) is 4.11. The van der Waals surface area contributed by atoms with Crippen LogP contribution in [0.4, 0.5) is 0 Å². The predicted octanol–water partition coefficient (Wildman–Crippen LogP) is 2.56. The number of hydrogen-bond donors (Lipinski definition) is 0. The van der Waals surface area contributed by atoms with Crippen LogP contribution in [0, 0.1) is 0 Å². The van der Waals surface area contributed by atoms with E-state index in [9.17, 15) is 0 Å². The summed E-state index contributed by atoms with van der Waals surface area (Å²) in [4.78, 5) is 6.13. The molecule has 1 heterocycles. The third-order valence-electron chi connectivity index (χ3n) is 2.53. The molecule has 0 aromatic carbocycles. The fourth-order valence-corrected chi connectivity index (χ4v) is 1.23. The van der Waals surface area contributed by atoms with Crippen LogP contribution in [0.15, 0.2) is 22.9 Å². The molecule has 1 rings (SSSR count). The van der Waals surface area contributed by atoms with Gasteiger partial charge in [-0.1, -0.05) is 0 Å². The van der Waals surface area contributed by atoms with E-state index in [0.29, 0.717) is 6.61 Å². The zero-order valence-corrected chi connectivity index (χ0v) is 11.2. The summed E-state index contributed by atoms with van der Waals surface area (Å²) in [5.41, 5.74) is 0.0166. The molecule has 4 heteroatoms. The average Bonchev–Trinajstić information content (AvgIpc) is 2.16. The normalized spacial score (nSPS) is 11.9. The predicted molar refractivity (Wildman–Crippen MR) is 65.2 cm³/mol. The molecule has 84 valence electrons. The quantitative estimate of drug-likeness (QED) is 0.843. The van der Waals surface area contributed by atoms with Crippen LogP contribution in [0.5, 0.6) is 5.75 Å². The monoisotopic (exact) mass is 272 g/mol. The van der Waals surface area contributed by atoms with Gasteiger partial charge < -0.3 is 9.64 Å². The zero-order chi connectivity index (χ0) is 11.5. The maximum atomic E-state index is 5.73. The number of hydrogen-bond acceptors (Lipinski definition) is 3. The highest BCUT2D eigenvalue weighted by molar-refractivity contribution is 9.10. The van der Waals surface area contributed by atoms with E-state index >= 15 is 0 Å². The Morgan fingerprint density at radius 3 is 2.67 bits per heavy atom. The van der Waals surface area contributed by atoms with E-state index in [-0.39, 0.29) is 5.54 Å². The average molecular weight is 273 g/mol. The third kappa shape index (κ3) is 3.47. The van der Waals surface area contributed by atoms with Crippen molar-refractivity contribution in [2.24, 2.45) is 0 Å². The molecule has 0 aliphatic heterocycles. The van der Waals surface area contributed by atoms with Crippen molar-refractivity contribution in [3.05, 3.63) is 22.9 Å². The van der Waals surface area contributed by atoms with Gasteiger partial charge in [0.15, 0.2) is 0 Å². The second kappa shape index (κ2) is 4.94. The Bertz CT molecular complexity index is 326. The SMILES string of the molecule is CN(C)C(C)(C)COc1ccncc1Br. The summed E-state index contributed by atoms with van der Waals surface area (Å²) >= 11 is 3.40. The van der Waals surface area contributed by atoms with Gasteiger partial charge in [0.1, 0.15) is 12.4 Å². The first-order chi connectivity index (χ1) is 6.93. The highest BCUT2D eigenvalue weighted by atomic mass is 79.9. The van der Waals surface area contributed by atoms with Gasteiger partial charge in [0, 0.05) is 17.9 Å². The third-order valence-corrected chi connectivity index (χ3v) is 3.12. The van der Waals surface area contributed by atoms with Gasteiger partial charge in [-0.05, 0) is 49.9 Å². The van der Waals surface area contributed by atoms with Crippen molar-refractivity contribution in [3.8, 4) is 5.75 Å². The van der Waals surface area contributed by atoms with Crippen molar-refractivity contribution < 1.29 is 4.74 Å². The highest BCUT2D eigenvalue weighted by Gasteiger charge is 2.21. The molecule has 0 bridgehead atoms. The summed E-state index contributed by atoms with van der Waals surface area (Å²) in [6.45, 7) is 4.92. The molecule has 0 saturated carbocycles. The maximum absolute atomic E-state index is 5.73. The molecule has 0 radical (unpaired) electrons. The molecule has 0 fully saturated rings. The minimum Gasteiger partial charge on any atom is -0.490 e. The van der Waals surface area contributed by atoms with Crippen molar-refractivity contribution in [1.82, 2.24) is 9.88 Å². The molecule has 0 amide bonds. The van der Waals surface area contributed by atoms with Gasteiger partial charge in [-0.2, -0.15) is 0 Å². The largest absolute Gasteiger partial charge is 0.490 e. The lowest BCUT2D eigenvalue weighted by molar-refractivity contribution is 0.113. The molecule has 0 atom stereocenters. The number of ether oxygens (including phenoxy) is 1. The summed E-state index contributed by atoms with van der Waals surface area (Å²) in [5, 5.41) is 0. The first kappa shape index (κ1) is 12.5. The molecule has 3 nitrogen and oxygen atoms in total. The lowest BCUT2D eigenvalue weighted by Crippen LogP contribution is -2.43. The van der Waals surface area contributed by atoms with Gasteiger partial charge >= 0.3 is 0 Å². The Hall–Kier alpha value is -0.610. The van der Waals surface area contributed by atoms with Gasteiger partial charge in [0.25, 0.3) is 0 Å². The molecular formula is C11H17BrN2O. The number of pyridine rings is 1. The molecule has 0 aliphatic rings. The minimum absolute atomic E-state index is 0.0166. The van der Waals surface area contributed by atoms with Crippen molar-refractivity contribution in [2.75, 3.05) is 20.7 Å². The lowest BCUT2D eigenvalue weighted by atomic mass is 10.1. The summed E-state index contributed by atoms with van der Waals surface area (Å²) in [5.74, 6) is 0.833. The zero-order valence-electron chi connectivity index (χ0n) is 9.62. The first-order valence-electron chi connectivity index (χ1n) is 4.83. The molecule has 1 aromatic heterocycles. The molecule has 0 N–H and O–H groups in total. The smallest absolute Gasteiger partial charge is 0.136 e. The minimum atomic E-state index is 0.0166. The van der Waals surface area contributed by atoms with Crippen LogP contribution in [0.1, 0.15) is 13.8 Å². The highest BCUT2D eigenvalue weighted by Crippen LogP contribution is 2.24. The number of rotatable bonds is 4.